The van der Waals surface area contributed by atoms with Crippen LogP contribution in [0, 0.1) is 0 Å². The van der Waals surface area contributed by atoms with Gasteiger partial charge in [0.05, 0.1) is 11.5 Å². The molecule has 2 aliphatic carbocycles. The number of furan rings is 1. The number of rotatable bonds is 1. The van der Waals surface area contributed by atoms with Crippen LogP contribution in [-0.4, -0.2) is 0 Å². The van der Waals surface area contributed by atoms with Crippen LogP contribution >= 0.6 is 0 Å². The monoisotopic (exact) mass is 473 g/mol. The highest BCUT2D eigenvalue weighted by atomic mass is 16.3. The fourth-order valence-corrected chi connectivity index (χ4v) is 7.44. The highest BCUT2D eigenvalue weighted by Gasteiger charge is 2.54. The predicted molar refractivity (Wildman–Crippen MR) is 149 cm³/mol. The van der Waals surface area contributed by atoms with E-state index in [2.05, 4.69) is 121 Å². The largest absolute Gasteiger partial charge is 0.456 e. The molecule has 2 unspecified atom stereocenters. The Morgan fingerprint density at radius 2 is 1.35 bits per heavy atom. The average molecular weight is 474 g/mol. The van der Waals surface area contributed by atoms with Gasteiger partial charge in [-0.15, -0.1) is 0 Å². The topological polar surface area (TPSA) is 25.2 Å². The van der Waals surface area contributed by atoms with Gasteiger partial charge in [0.25, 0.3) is 0 Å². The van der Waals surface area contributed by atoms with Gasteiger partial charge < -0.3 is 9.73 Å². The molecule has 1 aromatic heterocycles. The molecule has 1 N–H and O–H groups in total. The zero-order valence-electron chi connectivity index (χ0n) is 20.2. The van der Waals surface area contributed by atoms with Crippen LogP contribution in [0.1, 0.15) is 39.4 Å². The third-order valence-corrected chi connectivity index (χ3v) is 8.79. The Kier molecular flexibility index (Phi) is 3.61. The van der Waals surface area contributed by atoms with Crippen LogP contribution in [0.25, 0.3) is 33.4 Å². The molecule has 2 atom stereocenters. The van der Waals surface area contributed by atoms with E-state index in [0.29, 0.717) is 0 Å². The number of hydrogen-bond donors (Lipinski definition) is 1. The minimum Gasteiger partial charge on any atom is -0.456 e. The molecule has 1 spiro atoms. The van der Waals surface area contributed by atoms with Crippen molar-refractivity contribution < 1.29 is 4.42 Å². The van der Waals surface area contributed by atoms with Crippen LogP contribution < -0.4 is 5.32 Å². The van der Waals surface area contributed by atoms with Crippen molar-refractivity contribution in [1.29, 1.82) is 0 Å². The predicted octanol–water partition coefficient (Wildman–Crippen LogP) is 8.49. The molecule has 2 heterocycles. The van der Waals surface area contributed by atoms with Crippen LogP contribution in [0.5, 0.6) is 0 Å². The molecule has 5 aromatic carbocycles. The molecular formula is C35H23NO. The van der Waals surface area contributed by atoms with Crippen molar-refractivity contribution in [2.75, 3.05) is 5.32 Å². The van der Waals surface area contributed by atoms with E-state index in [1.54, 1.807) is 0 Å². The van der Waals surface area contributed by atoms with Crippen LogP contribution in [0.2, 0.25) is 0 Å². The van der Waals surface area contributed by atoms with Crippen molar-refractivity contribution in [2.45, 2.75) is 17.9 Å². The second-order valence-corrected chi connectivity index (χ2v) is 10.5. The Hall–Kier alpha value is -4.56. The minimum absolute atomic E-state index is 0.243. The first kappa shape index (κ1) is 19.6. The third-order valence-electron chi connectivity index (χ3n) is 8.79. The van der Waals surface area contributed by atoms with Gasteiger partial charge >= 0.3 is 0 Å². The lowest BCUT2D eigenvalue weighted by Gasteiger charge is -2.30. The third kappa shape index (κ3) is 2.28. The maximum Gasteiger partial charge on any atom is 0.140 e. The fraction of sp³-hybridized carbons (Fsp3) is 0.0857. The molecule has 2 nitrogen and oxygen atoms in total. The first-order valence-corrected chi connectivity index (χ1v) is 13.1. The second-order valence-electron chi connectivity index (χ2n) is 10.5. The maximum atomic E-state index is 6.61. The first-order valence-electron chi connectivity index (χ1n) is 13.1. The summed E-state index contributed by atoms with van der Waals surface area (Å²) in [6.45, 7) is 0. The lowest BCUT2D eigenvalue weighted by molar-refractivity contribution is 0.628. The average Bonchev–Trinajstić information content (AvgIpc) is 3.69. The quantitative estimate of drug-likeness (QED) is 0.259. The zero-order valence-corrected chi connectivity index (χ0v) is 20.2. The van der Waals surface area contributed by atoms with Crippen molar-refractivity contribution in [3.63, 3.8) is 0 Å². The zero-order chi connectivity index (χ0) is 24.1. The van der Waals surface area contributed by atoms with E-state index in [0.717, 1.165) is 17.8 Å². The molecule has 3 aliphatic rings. The number of anilines is 1. The van der Waals surface area contributed by atoms with E-state index in [9.17, 15) is 0 Å². The molecule has 0 saturated heterocycles. The Morgan fingerprint density at radius 3 is 2.24 bits per heavy atom. The first-order chi connectivity index (χ1) is 18.4. The molecule has 0 fully saturated rings. The summed E-state index contributed by atoms with van der Waals surface area (Å²) < 4.78 is 6.61. The normalized spacial score (nSPS) is 19.8. The number of para-hydroxylation sites is 2. The fourth-order valence-electron chi connectivity index (χ4n) is 7.44. The summed E-state index contributed by atoms with van der Waals surface area (Å²) in [5.41, 5.74) is 13.8. The molecule has 9 rings (SSSR count). The van der Waals surface area contributed by atoms with Gasteiger partial charge in [0, 0.05) is 22.2 Å². The van der Waals surface area contributed by atoms with Crippen LogP contribution in [0.3, 0.4) is 0 Å². The molecule has 2 heteroatoms. The number of hydrogen-bond acceptors (Lipinski definition) is 2. The molecule has 0 bridgehead atoms. The molecule has 37 heavy (non-hydrogen) atoms. The standard InChI is InChI=1S/C35H23NO/c1-7-18-29-21(10-1)20-30(36-29)24-14-9-17-28-32(24)22-11-2-5-15-26(22)35(28)27-16-6-3-12-23(27)34-33(35)25-13-4-8-19-31(25)37-34/h1-19,30,36H,20H2. The highest BCUT2D eigenvalue weighted by molar-refractivity contribution is 6.02. The smallest absolute Gasteiger partial charge is 0.140 e. The molecule has 174 valence electrons. The van der Waals surface area contributed by atoms with Gasteiger partial charge in [-0.1, -0.05) is 103 Å². The number of fused-ring (bicyclic) bond motifs is 13. The summed E-state index contributed by atoms with van der Waals surface area (Å²) in [6, 6.07) is 42.3. The van der Waals surface area contributed by atoms with Crippen LogP contribution in [0.15, 0.2) is 120 Å². The SMILES string of the molecule is c1ccc2c(c1)CC(c1cccc3c1-c1ccccc1C31c3ccccc3-c3oc4ccccc4c31)N2. The summed E-state index contributed by atoms with van der Waals surface area (Å²) in [5.74, 6) is 1.01. The summed E-state index contributed by atoms with van der Waals surface area (Å²) in [6.07, 6.45) is 0.998. The summed E-state index contributed by atoms with van der Waals surface area (Å²) >= 11 is 0. The van der Waals surface area contributed by atoms with Gasteiger partial charge in [-0.2, -0.15) is 0 Å². The van der Waals surface area contributed by atoms with Crippen molar-refractivity contribution in [1.82, 2.24) is 0 Å². The van der Waals surface area contributed by atoms with E-state index in [1.807, 2.05) is 0 Å². The lowest BCUT2D eigenvalue weighted by Crippen LogP contribution is -2.26. The molecule has 0 amide bonds. The van der Waals surface area contributed by atoms with Gasteiger partial charge in [-0.3, -0.25) is 0 Å². The lowest BCUT2D eigenvalue weighted by atomic mass is 9.70. The number of nitrogens with one attached hydrogen (secondary N) is 1. The van der Waals surface area contributed by atoms with E-state index < -0.39 is 5.41 Å². The van der Waals surface area contributed by atoms with E-state index >= 15 is 0 Å². The molecule has 0 saturated carbocycles. The van der Waals surface area contributed by atoms with Gasteiger partial charge in [-0.05, 0) is 57.5 Å². The maximum absolute atomic E-state index is 6.61. The van der Waals surface area contributed by atoms with Crippen molar-refractivity contribution in [3.05, 3.63) is 149 Å². The minimum atomic E-state index is -0.397. The van der Waals surface area contributed by atoms with Gasteiger partial charge in [0.2, 0.25) is 0 Å². The van der Waals surface area contributed by atoms with Crippen molar-refractivity contribution in [2.24, 2.45) is 0 Å². The van der Waals surface area contributed by atoms with Crippen molar-refractivity contribution >= 4 is 16.7 Å². The highest BCUT2D eigenvalue weighted by Crippen LogP contribution is 2.65. The number of benzene rings is 5. The summed E-state index contributed by atoms with van der Waals surface area (Å²) in [7, 11) is 0. The Labute approximate surface area is 215 Å². The van der Waals surface area contributed by atoms with Gasteiger partial charge in [0.15, 0.2) is 0 Å². The van der Waals surface area contributed by atoms with Crippen LogP contribution in [0.4, 0.5) is 5.69 Å². The van der Waals surface area contributed by atoms with Gasteiger partial charge in [0.1, 0.15) is 11.3 Å². The Balaban J connectivity index is 1.40. The van der Waals surface area contributed by atoms with E-state index in [1.165, 1.54) is 61.1 Å². The summed E-state index contributed by atoms with van der Waals surface area (Å²) in [5, 5.41) is 5.04. The Morgan fingerprint density at radius 1 is 0.649 bits per heavy atom. The molecule has 0 radical (unpaired) electrons. The Bertz CT molecular complexity index is 1890. The summed E-state index contributed by atoms with van der Waals surface area (Å²) in [4.78, 5) is 0. The molecular weight excluding hydrogens is 450 g/mol. The molecule has 1 aliphatic heterocycles. The van der Waals surface area contributed by atoms with Crippen LogP contribution in [-0.2, 0) is 11.8 Å². The van der Waals surface area contributed by atoms with Crippen molar-refractivity contribution in [3.8, 4) is 22.5 Å². The second kappa shape index (κ2) is 6.80. The van der Waals surface area contributed by atoms with Gasteiger partial charge in [-0.25, -0.2) is 0 Å². The van der Waals surface area contributed by atoms with E-state index in [-0.39, 0.29) is 6.04 Å². The molecule has 6 aromatic rings. The van der Waals surface area contributed by atoms with E-state index in [4.69, 9.17) is 4.42 Å².